The molecule has 0 aliphatic carbocycles. The van der Waals surface area contributed by atoms with Crippen LogP contribution in [0.1, 0.15) is 33.6 Å². The normalized spacial score (nSPS) is 13.9. The number of nitrogens with zero attached hydrogens (tertiary/aromatic N) is 2. The zero-order chi connectivity index (χ0) is 13.3. The van der Waals surface area contributed by atoms with E-state index in [1.165, 1.54) is 25.9 Å². The van der Waals surface area contributed by atoms with Crippen molar-refractivity contribution in [3.8, 4) is 0 Å². The van der Waals surface area contributed by atoms with Crippen molar-refractivity contribution in [3.05, 3.63) is 0 Å². The molecule has 17 heavy (non-hydrogen) atoms. The molecule has 0 fully saturated rings. The SMILES string of the molecule is CC(C)CNCCC(C)N(C)CCCN(C)C. The van der Waals surface area contributed by atoms with Crippen LogP contribution in [-0.2, 0) is 0 Å². The van der Waals surface area contributed by atoms with Crippen LogP contribution in [0.2, 0.25) is 0 Å². The Labute approximate surface area is 109 Å². The van der Waals surface area contributed by atoms with Gasteiger partial charge in [-0.3, -0.25) is 0 Å². The summed E-state index contributed by atoms with van der Waals surface area (Å²) in [6.07, 6.45) is 2.50. The Morgan fingerprint density at radius 2 is 1.65 bits per heavy atom. The molecule has 0 aliphatic heterocycles. The van der Waals surface area contributed by atoms with E-state index >= 15 is 0 Å². The van der Waals surface area contributed by atoms with E-state index in [0.29, 0.717) is 6.04 Å². The summed E-state index contributed by atoms with van der Waals surface area (Å²) in [6.45, 7) is 11.5. The molecule has 0 heterocycles. The van der Waals surface area contributed by atoms with Crippen LogP contribution in [0.25, 0.3) is 0 Å². The molecule has 0 radical (unpaired) electrons. The molecule has 1 atom stereocenters. The van der Waals surface area contributed by atoms with Gasteiger partial charge in [0.2, 0.25) is 0 Å². The van der Waals surface area contributed by atoms with Gasteiger partial charge in [0.1, 0.15) is 0 Å². The van der Waals surface area contributed by atoms with Crippen LogP contribution in [0.5, 0.6) is 0 Å². The smallest absolute Gasteiger partial charge is 0.00759 e. The van der Waals surface area contributed by atoms with Gasteiger partial charge in [-0.1, -0.05) is 13.8 Å². The van der Waals surface area contributed by atoms with Gasteiger partial charge in [-0.05, 0) is 73.0 Å². The highest BCUT2D eigenvalue weighted by molar-refractivity contribution is 4.65. The quantitative estimate of drug-likeness (QED) is 0.591. The van der Waals surface area contributed by atoms with E-state index in [4.69, 9.17) is 0 Å². The minimum atomic E-state index is 0.678. The van der Waals surface area contributed by atoms with Crippen molar-refractivity contribution in [2.45, 2.75) is 39.7 Å². The van der Waals surface area contributed by atoms with E-state index in [2.05, 4.69) is 57.0 Å². The van der Waals surface area contributed by atoms with E-state index < -0.39 is 0 Å². The van der Waals surface area contributed by atoms with Crippen molar-refractivity contribution in [1.29, 1.82) is 0 Å². The van der Waals surface area contributed by atoms with Crippen LogP contribution in [0, 0.1) is 5.92 Å². The summed E-state index contributed by atoms with van der Waals surface area (Å²) in [5.74, 6) is 0.753. The molecule has 0 saturated carbocycles. The topological polar surface area (TPSA) is 18.5 Å². The summed E-state index contributed by atoms with van der Waals surface area (Å²) >= 11 is 0. The van der Waals surface area contributed by atoms with Gasteiger partial charge in [0.15, 0.2) is 0 Å². The van der Waals surface area contributed by atoms with Crippen molar-refractivity contribution < 1.29 is 0 Å². The lowest BCUT2D eigenvalue weighted by Gasteiger charge is -2.25. The average molecular weight is 243 g/mol. The Kier molecular flexibility index (Phi) is 9.79. The van der Waals surface area contributed by atoms with E-state index in [0.717, 1.165) is 19.0 Å². The van der Waals surface area contributed by atoms with E-state index in [-0.39, 0.29) is 0 Å². The zero-order valence-corrected chi connectivity index (χ0v) is 12.8. The maximum absolute atomic E-state index is 3.51. The molecular formula is C14H33N3. The minimum absolute atomic E-state index is 0.678. The molecule has 0 amide bonds. The lowest BCUT2D eigenvalue weighted by Crippen LogP contribution is -2.34. The van der Waals surface area contributed by atoms with Gasteiger partial charge in [0.05, 0.1) is 0 Å². The highest BCUT2D eigenvalue weighted by Gasteiger charge is 2.08. The lowest BCUT2D eigenvalue weighted by molar-refractivity contribution is 0.230. The molecule has 0 saturated heterocycles. The van der Waals surface area contributed by atoms with E-state index in [1.807, 2.05) is 0 Å². The molecule has 0 aromatic carbocycles. The van der Waals surface area contributed by atoms with Crippen LogP contribution >= 0.6 is 0 Å². The zero-order valence-electron chi connectivity index (χ0n) is 12.8. The maximum Gasteiger partial charge on any atom is 0.00759 e. The summed E-state index contributed by atoms with van der Waals surface area (Å²) in [4.78, 5) is 4.73. The fourth-order valence-corrected chi connectivity index (χ4v) is 1.78. The number of nitrogens with one attached hydrogen (secondary N) is 1. The second kappa shape index (κ2) is 9.86. The Morgan fingerprint density at radius 3 is 2.18 bits per heavy atom. The van der Waals surface area contributed by atoms with Gasteiger partial charge >= 0.3 is 0 Å². The molecule has 0 aromatic rings. The van der Waals surface area contributed by atoms with Gasteiger partial charge < -0.3 is 15.1 Å². The molecule has 0 rings (SSSR count). The second-order valence-electron chi connectivity index (χ2n) is 5.87. The molecule has 1 N–H and O–H groups in total. The van der Waals surface area contributed by atoms with Gasteiger partial charge in [0, 0.05) is 6.04 Å². The minimum Gasteiger partial charge on any atom is -0.316 e. The molecule has 0 aromatic heterocycles. The molecule has 3 nitrogen and oxygen atoms in total. The third-order valence-corrected chi connectivity index (χ3v) is 3.16. The van der Waals surface area contributed by atoms with Crippen molar-refractivity contribution in [2.75, 3.05) is 47.3 Å². The average Bonchev–Trinajstić information content (AvgIpc) is 2.23. The highest BCUT2D eigenvalue weighted by atomic mass is 15.1. The van der Waals surface area contributed by atoms with Crippen molar-refractivity contribution in [3.63, 3.8) is 0 Å². The Bertz CT molecular complexity index is 169. The first-order chi connectivity index (χ1) is 7.93. The van der Waals surface area contributed by atoms with Gasteiger partial charge in [-0.15, -0.1) is 0 Å². The second-order valence-corrected chi connectivity index (χ2v) is 5.87. The predicted octanol–water partition coefficient (Wildman–Crippen LogP) is 1.89. The largest absolute Gasteiger partial charge is 0.316 e. The van der Waals surface area contributed by atoms with Crippen molar-refractivity contribution in [1.82, 2.24) is 15.1 Å². The monoisotopic (exact) mass is 243 g/mol. The first-order valence-corrected chi connectivity index (χ1v) is 6.99. The molecular weight excluding hydrogens is 210 g/mol. The Morgan fingerprint density at radius 1 is 1.00 bits per heavy atom. The standard InChI is InChI=1S/C14H33N3/c1-13(2)12-15-9-8-14(3)17(6)11-7-10-16(4)5/h13-15H,7-12H2,1-6H3. The first-order valence-electron chi connectivity index (χ1n) is 6.99. The molecule has 0 aliphatic rings. The van der Waals surface area contributed by atoms with Crippen molar-refractivity contribution in [2.24, 2.45) is 5.92 Å². The highest BCUT2D eigenvalue weighted by Crippen LogP contribution is 2.01. The van der Waals surface area contributed by atoms with Crippen LogP contribution in [0.3, 0.4) is 0 Å². The Hall–Kier alpha value is -0.120. The fourth-order valence-electron chi connectivity index (χ4n) is 1.78. The maximum atomic E-state index is 3.51. The molecule has 1 unspecified atom stereocenters. The molecule has 0 bridgehead atoms. The van der Waals surface area contributed by atoms with Crippen LogP contribution in [0.15, 0.2) is 0 Å². The summed E-state index contributed by atoms with van der Waals surface area (Å²) in [5.41, 5.74) is 0. The molecule has 3 heteroatoms. The number of hydrogen-bond donors (Lipinski definition) is 1. The van der Waals surface area contributed by atoms with Gasteiger partial charge in [-0.2, -0.15) is 0 Å². The predicted molar refractivity (Wildman–Crippen MR) is 77.6 cm³/mol. The van der Waals surface area contributed by atoms with E-state index in [9.17, 15) is 0 Å². The first kappa shape index (κ1) is 16.9. The summed E-state index contributed by atoms with van der Waals surface area (Å²) < 4.78 is 0. The Balaban J connectivity index is 3.49. The molecule has 0 spiro atoms. The summed E-state index contributed by atoms with van der Waals surface area (Å²) in [5, 5.41) is 3.51. The third kappa shape index (κ3) is 10.7. The van der Waals surface area contributed by atoms with Crippen molar-refractivity contribution >= 4 is 0 Å². The summed E-state index contributed by atoms with van der Waals surface area (Å²) in [7, 11) is 6.52. The number of rotatable bonds is 10. The fraction of sp³-hybridized carbons (Fsp3) is 1.00. The van der Waals surface area contributed by atoms with Gasteiger partial charge in [0.25, 0.3) is 0 Å². The summed E-state index contributed by atoms with van der Waals surface area (Å²) in [6, 6.07) is 0.678. The van der Waals surface area contributed by atoms with Crippen LogP contribution < -0.4 is 5.32 Å². The van der Waals surface area contributed by atoms with Crippen LogP contribution in [0.4, 0.5) is 0 Å². The van der Waals surface area contributed by atoms with Gasteiger partial charge in [-0.25, -0.2) is 0 Å². The van der Waals surface area contributed by atoms with E-state index in [1.54, 1.807) is 0 Å². The lowest BCUT2D eigenvalue weighted by atomic mass is 10.2. The number of hydrogen-bond acceptors (Lipinski definition) is 3. The molecule has 104 valence electrons. The third-order valence-electron chi connectivity index (χ3n) is 3.16. The van der Waals surface area contributed by atoms with Crippen LogP contribution in [-0.4, -0.2) is 63.2 Å².